The zero-order chi connectivity index (χ0) is 17.5. The number of aryl methyl sites for hydroxylation is 3. The van der Waals surface area contributed by atoms with Crippen LogP contribution in [0.1, 0.15) is 40.4 Å². The summed E-state index contributed by atoms with van der Waals surface area (Å²) in [6.07, 6.45) is 7.01. The van der Waals surface area contributed by atoms with Crippen molar-refractivity contribution in [2.24, 2.45) is 4.99 Å². The van der Waals surface area contributed by atoms with E-state index in [4.69, 9.17) is 4.98 Å². The lowest BCUT2D eigenvalue weighted by Gasteiger charge is -2.11. The summed E-state index contributed by atoms with van der Waals surface area (Å²) in [6, 6.07) is 6.50. The average Bonchev–Trinajstić information content (AvgIpc) is 3.05. The molecule has 1 aromatic carbocycles. The molecule has 0 amide bonds. The number of aromatic nitrogens is 1. The molecule has 0 aliphatic heterocycles. The van der Waals surface area contributed by atoms with Gasteiger partial charge in [-0.3, -0.25) is 4.99 Å². The molecule has 0 radical (unpaired) electrons. The highest BCUT2D eigenvalue weighted by molar-refractivity contribution is 7.11. The Hall–Kier alpha value is -1.95. The van der Waals surface area contributed by atoms with Crippen molar-refractivity contribution in [2.75, 3.05) is 13.6 Å². The Morgan fingerprint density at radius 2 is 2.00 bits per heavy atom. The standard InChI is InChI=1S/C19H25FN4S/c1-21-19(23-13-14-8-10-15(20)11-9-14)22-12-4-7-18-24-16-5-2-3-6-17(16)25-18/h8-11H,2-7,12-13H2,1H3,(H2,21,22,23). The molecule has 1 aromatic heterocycles. The van der Waals surface area contributed by atoms with E-state index in [-0.39, 0.29) is 5.82 Å². The second-order valence-corrected chi connectivity index (χ2v) is 7.44. The number of nitrogens with zero attached hydrogens (tertiary/aromatic N) is 2. The highest BCUT2D eigenvalue weighted by atomic mass is 32.1. The lowest BCUT2D eigenvalue weighted by atomic mass is 10.0. The van der Waals surface area contributed by atoms with E-state index in [0.29, 0.717) is 6.54 Å². The molecule has 2 N–H and O–H groups in total. The number of thiazole rings is 1. The Balaban J connectivity index is 1.38. The fourth-order valence-corrected chi connectivity index (χ4v) is 4.17. The molecule has 0 saturated carbocycles. The molecular formula is C19H25FN4S. The lowest BCUT2D eigenvalue weighted by Crippen LogP contribution is -2.37. The van der Waals surface area contributed by atoms with E-state index >= 15 is 0 Å². The Labute approximate surface area is 152 Å². The molecule has 25 heavy (non-hydrogen) atoms. The van der Waals surface area contributed by atoms with E-state index in [9.17, 15) is 4.39 Å². The van der Waals surface area contributed by atoms with Crippen molar-refractivity contribution >= 4 is 17.3 Å². The average molecular weight is 361 g/mol. The van der Waals surface area contributed by atoms with Gasteiger partial charge >= 0.3 is 0 Å². The molecule has 2 aromatic rings. The molecule has 4 nitrogen and oxygen atoms in total. The number of halogens is 1. The first-order chi connectivity index (χ1) is 12.2. The van der Waals surface area contributed by atoms with Crippen molar-refractivity contribution in [3.05, 3.63) is 51.2 Å². The minimum atomic E-state index is -0.213. The topological polar surface area (TPSA) is 49.3 Å². The molecule has 1 aliphatic rings. The molecule has 6 heteroatoms. The van der Waals surface area contributed by atoms with E-state index in [2.05, 4.69) is 15.6 Å². The van der Waals surface area contributed by atoms with Crippen molar-refractivity contribution in [3.63, 3.8) is 0 Å². The minimum Gasteiger partial charge on any atom is -0.356 e. The van der Waals surface area contributed by atoms with E-state index in [1.54, 1.807) is 19.2 Å². The van der Waals surface area contributed by atoms with Crippen LogP contribution in [0.5, 0.6) is 0 Å². The molecule has 0 fully saturated rings. The summed E-state index contributed by atoms with van der Waals surface area (Å²) in [6.45, 7) is 1.48. The normalized spacial score (nSPS) is 14.2. The predicted molar refractivity (Wildman–Crippen MR) is 102 cm³/mol. The third kappa shape index (κ3) is 5.26. The molecule has 134 valence electrons. The fraction of sp³-hybridized carbons (Fsp3) is 0.474. The van der Waals surface area contributed by atoms with Crippen LogP contribution in [0.15, 0.2) is 29.3 Å². The van der Waals surface area contributed by atoms with Crippen molar-refractivity contribution in [3.8, 4) is 0 Å². The summed E-state index contributed by atoms with van der Waals surface area (Å²) in [5, 5.41) is 7.84. The summed E-state index contributed by atoms with van der Waals surface area (Å²) < 4.78 is 12.9. The maximum absolute atomic E-state index is 12.9. The van der Waals surface area contributed by atoms with Crippen molar-refractivity contribution in [1.82, 2.24) is 15.6 Å². The third-order valence-electron chi connectivity index (χ3n) is 4.35. The number of nitrogens with one attached hydrogen (secondary N) is 2. The second-order valence-electron chi connectivity index (χ2n) is 6.27. The number of benzene rings is 1. The van der Waals surface area contributed by atoms with Crippen molar-refractivity contribution < 1.29 is 4.39 Å². The number of guanidine groups is 1. The van der Waals surface area contributed by atoms with Crippen LogP contribution in [-0.4, -0.2) is 24.5 Å². The van der Waals surface area contributed by atoms with Crippen molar-refractivity contribution in [2.45, 2.75) is 45.1 Å². The molecule has 1 heterocycles. The Kier molecular flexibility index (Phi) is 6.39. The third-order valence-corrected chi connectivity index (χ3v) is 5.56. The number of aliphatic imine (C=N–C) groups is 1. The van der Waals surface area contributed by atoms with Crippen LogP contribution in [-0.2, 0) is 25.8 Å². The van der Waals surface area contributed by atoms with Crippen LogP contribution >= 0.6 is 11.3 Å². The molecule has 0 saturated heterocycles. The zero-order valence-electron chi connectivity index (χ0n) is 14.6. The van der Waals surface area contributed by atoms with Crippen LogP contribution in [0.4, 0.5) is 4.39 Å². The first-order valence-electron chi connectivity index (χ1n) is 8.91. The number of hydrogen-bond donors (Lipinski definition) is 2. The largest absolute Gasteiger partial charge is 0.356 e. The number of hydrogen-bond acceptors (Lipinski definition) is 3. The fourth-order valence-electron chi connectivity index (χ4n) is 2.97. The van der Waals surface area contributed by atoms with E-state index in [0.717, 1.165) is 37.3 Å². The molecule has 0 unspecified atom stereocenters. The first-order valence-corrected chi connectivity index (χ1v) is 9.72. The minimum absolute atomic E-state index is 0.213. The molecule has 0 spiro atoms. The zero-order valence-corrected chi connectivity index (χ0v) is 15.5. The smallest absolute Gasteiger partial charge is 0.191 e. The van der Waals surface area contributed by atoms with Gasteiger partial charge in [-0.25, -0.2) is 9.37 Å². The predicted octanol–water partition coefficient (Wildman–Crippen LogP) is 3.46. The highest BCUT2D eigenvalue weighted by Gasteiger charge is 2.14. The lowest BCUT2D eigenvalue weighted by molar-refractivity contribution is 0.626. The molecule has 3 rings (SSSR count). The van der Waals surface area contributed by atoms with Gasteiger partial charge in [0.25, 0.3) is 0 Å². The monoisotopic (exact) mass is 360 g/mol. The van der Waals surface area contributed by atoms with Crippen LogP contribution in [0.2, 0.25) is 0 Å². The van der Waals surface area contributed by atoms with Crippen LogP contribution in [0, 0.1) is 5.82 Å². The van der Waals surface area contributed by atoms with Gasteiger partial charge < -0.3 is 10.6 Å². The van der Waals surface area contributed by atoms with Gasteiger partial charge in [0.05, 0.1) is 10.7 Å². The first kappa shape index (κ1) is 17.9. The molecule has 0 bridgehead atoms. The quantitative estimate of drug-likeness (QED) is 0.471. The highest BCUT2D eigenvalue weighted by Crippen LogP contribution is 2.27. The van der Waals surface area contributed by atoms with Gasteiger partial charge in [-0.2, -0.15) is 0 Å². The Morgan fingerprint density at radius 3 is 2.76 bits per heavy atom. The van der Waals surface area contributed by atoms with E-state index < -0.39 is 0 Å². The van der Waals surface area contributed by atoms with Crippen LogP contribution in [0.25, 0.3) is 0 Å². The summed E-state index contributed by atoms with van der Waals surface area (Å²) in [4.78, 5) is 10.5. The van der Waals surface area contributed by atoms with E-state index in [1.165, 1.54) is 47.0 Å². The van der Waals surface area contributed by atoms with Gasteiger partial charge in [0.2, 0.25) is 0 Å². The van der Waals surface area contributed by atoms with Crippen LogP contribution < -0.4 is 10.6 Å². The van der Waals surface area contributed by atoms with Crippen LogP contribution in [0.3, 0.4) is 0 Å². The number of rotatable bonds is 6. The van der Waals surface area contributed by atoms with Gasteiger partial charge in [0.1, 0.15) is 5.82 Å². The molecule has 1 aliphatic carbocycles. The summed E-state index contributed by atoms with van der Waals surface area (Å²) in [7, 11) is 1.76. The maximum atomic E-state index is 12.9. The van der Waals surface area contributed by atoms with Gasteiger partial charge in [-0.05, 0) is 49.8 Å². The molecule has 0 atom stereocenters. The van der Waals surface area contributed by atoms with Gasteiger partial charge in [0, 0.05) is 31.4 Å². The Morgan fingerprint density at radius 1 is 1.20 bits per heavy atom. The number of fused-ring (bicyclic) bond motifs is 1. The van der Waals surface area contributed by atoms with Crippen molar-refractivity contribution in [1.29, 1.82) is 0 Å². The molecular weight excluding hydrogens is 335 g/mol. The van der Waals surface area contributed by atoms with E-state index in [1.807, 2.05) is 11.3 Å². The van der Waals surface area contributed by atoms with Gasteiger partial charge in [0.15, 0.2) is 5.96 Å². The van der Waals surface area contributed by atoms with Gasteiger partial charge in [-0.15, -0.1) is 11.3 Å². The van der Waals surface area contributed by atoms with Gasteiger partial charge in [-0.1, -0.05) is 12.1 Å². The Bertz CT molecular complexity index is 685. The summed E-state index contributed by atoms with van der Waals surface area (Å²) >= 11 is 1.89. The maximum Gasteiger partial charge on any atom is 0.191 e. The second kappa shape index (κ2) is 8.94. The summed E-state index contributed by atoms with van der Waals surface area (Å²) in [5.74, 6) is 0.554. The SMILES string of the molecule is CN=C(NCCCc1nc2c(s1)CCCC2)NCc1ccc(F)cc1. The summed E-state index contributed by atoms with van der Waals surface area (Å²) in [5.41, 5.74) is 2.37.